The lowest BCUT2D eigenvalue weighted by Gasteiger charge is -2.02. The van der Waals surface area contributed by atoms with Crippen LogP contribution < -0.4 is 5.32 Å². The van der Waals surface area contributed by atoms with Crippen LogP contribution in [0.5, 0.6) is 0 Å². The van der Waals surface area contributed by atoms with Gasteiger partial charge >= 0.3 is 0 Å². The molecule has 0 amide bonds. The highest BCUT2D eigenvalue weighted by Gasteiger charge is 2.09. The molecule has 0 aliphatic carbocycles. The van der Waals surface area contributed by atoms with E-state index < -0.39 is 0 Å². The normalized spacial score (nSPS) is 12.1. The number of terminal acetylenes is 1. The molecule has 0 spiro atoms. The van der Waals surface area contributed by atoms with E-state index in [0.717, 1.165) is 5.13 Å². The van der Waals surface area contributed by atoms with Crippen molar-refractivity contribution >= 4 is 16.7 Å². The fourth-order valence-electron chi connectivity index (χ4n) is 0.704. The summed E-state index contributed by atoms with van der Waals surface area (Å²) in [6.45, 7) is 2.36. The SMILES string of the molecule is C#CCNc1nc(C(C)OC)ns1. The van der Waals surface area contributed by atoms with Crippen molar-refractivity contribution in [1.82, 2.24) is 9.36 Å². The van der Waals surface area contributed by atoms with Gasteiger partial charge in [-0.1, -0.05) is 5.92 Å². The lowest BCUT2D eigenvalue weighted by Crippen LogP contribution is -2.00. The summed E-state index contributed by atoms with van der Waals surface area (Å²) in [5.74, 6) is 3.15. The van der Waals surface area contributed by atoms with Crippen molar-refractivity contribution in [3.63, 3.8) is 0 Å². The molecule has 0 fully saturated rings. The molecular formula is C8H11N3OS. The van der Waals surface area contributed by atoms with Crippen LogP contribution in [0.3, 0.4) is 0 Å². The molecule has 1 aromatic heterocycles. The molecule has 1 atom stereocenters. The first kappa shape index (κ1) is 9.96. The molecule has 0 saturated heterocycles. The summed E-state index contributed by atoms with van der Waals surface area (Å²) >= 11 is 1.29. The van der Waals surface area contributed by atoms with Crippen LogP contribution in [0.1, 0.15) is 18.9 Å². The average molecular weight is 197 g/mol. The van der Waals surface area contributed by atoms with Gasteiger partial charge in [0, 0.05) is 18.6 Å². The Morgan fingerprint density at radius 3 is 3.15 bits per heavy atom. The van der Waals surface area contributed by atoms with Crippen LogP contribution in [0.4, 0.5) is 5.13 Å². The van der Waals surface area contributed by atoms with Crippen LogP contribution in [0.25, 0.3) is 0 Å². The van der Waals surface area contributed by atoms with Crippen molar-refractivity contribution in [2.24, 2.45) is 0 Å². The first-order valence-corrected chi connectivity index (χ1v) is 4.59. The topological polar surface area (TPSA) is 47.0 Å². The Kier molecular flexibility index (Phi) is 3.68. The molecule has 1 unspecified atom stereocenters. The van der Waals surface area contributed by atoms with Gasteiger partial charge in [-0.15, -0.1) is 6.42 Å². The monoisotopic (exact) mass is 197 g/mol. The van der Waals surface area contributed by atoms with Gasteiger partial charge < -0.3 is 10.1 Å². The summed E-state index contributed by atoms with van der Waals surface area (Å²) in [6.07, 6.45) is 5.02. The molecule has 0 aliphatic heterocycles. The Hall–Kier alpha value is -1.12. The standard InChI is InChI=1S/C8H11N3OS/c1-4-5-9-8-10-7(11-13-8)6(2)12-3/h1,6H,5H2,2-3H3,(H,9,10,11). The first-order valence-electron chi connectivity index (χ1n) is 3.81. The fourth-order valence-corrected chi connectivity index (χ4v) is 1.34. The zero-order valence-electron chi connectivity index (χ0n) is 7.57. The van der Waals surface area contributed by atoms with E-state index in [4.69, 9.17) is 11.2 Å². The summed E-state index contributed by atoms with van der Waals surface area (Å²) in [4.78, 5) is 4.19. The minimum Gasteiger partial charge on any atom is -0.374 e. The van der Waals surface area contributed by atoms with Gasteiger partial charge in [-0.2, -0.15) is 4.37 Å². The number of ether oxygens (including phenoxy) is 1. The second kappa shape index (κ2) is 4.80. The molecule has 70 valence electrons. The number of aromatic nitrogens is 2. The van der Waals surface area contributed by atoms with E-state index in [9.17, 15) is 0 Å². The maximum absolute atomic E-state index is 5.09. The second-order valence-corrected chi connectivity index (χ2v) is 3.15. The molecule has 1 rings (SSSR count). The number of methoxy groups -OCH3 is 1. The predicted molar refractivity (Wildman–Crippen MR) is 52.7 cm³/mol. The molecule has 0 saturated carbocycles. The minimum atomic E-state index is -0.0716. The van der Waals surface area contributed by atoms with Gasteiger partial charge in [-0.3, -0.25) is 0 Å². The Morgan fingerprint density at radius 2 is 2.54 bits per heavy atom. The number of hydrogen-bond donors (Lipinski definition) is 1. The van der Waals surface area contributed by atoms with Gasteiger partial charge in [0.25, 0.3) is 0 Å². The Labute approximate surface area is 81.5 Å². The van der Waals surface area contributed by atoms with Crippen LogP contribution in [0, 0.1) is 12.3 Å². The number of nitrogens with one attached hydrogen (secondary N) is 1. The molecular weight excluding hydrogens is 186 g/mol. The fraction of sp³-hybridized carbons (Fsp3) is 0.500. The van der Waals surface area contributed by atoms with Gasteiger partial charge in [-0.05, 0) is 6.92 Å². The summed E-state index contributed by atoms with van der Waals surface area (Å²) in [5.41, 5.74) is 0. The van der Waals surface area contributed by atoms with E-state index in [1.54, 1.807) is 7.11 Å². The zero-order chi connectivity index (χ0) is 9.68. The molecule has 0 aliphatic rings. The summed E-state index contributed by atoms with van der Waals surface area (Å²) in [6, 6.07) is 0. The lowest BCUT2D eigenvalue weighted by atomic mass is 10.4. The number of anilines is 1. The summed E-state index contributed by atoms with van der Waals surface area (Å²) in [7, 11) is 1.63. The van der Waals surface area contributed by atoms with Crippen LogP contribution in [0.2, 0.25) is 0 Å². The van der Waals surface area contributed by atoms with Gasteiger partial charge in [0.1, 0.15) is 6.10 Å². The largest absolute Gasteiger partial charge is 0.374 e. The summed E-state index contributed by atoms with van der Waals surface area (Å²) in [5, 5.41) is 3.68. The Balaban J connectivity index is 2.59. The smallest absolute Gasteiger partial charge is 0.203 e. The van der Waals surface area contributed by atoms with Crippen molar-refractivity contribution in [1.29, 1.82) is 0 Å². The number of rotatable bonds is 4. The van der Waals surface area contributed by atoms with E-state index in [0.29, 0.717) is 12.4 Å². The highest BCUT2D eigenvalue weighted by Crippen LogP contribution is 2.17. The van der Waals surface area contributed by atoms with E-state index in [-0.39, 0.29) is 6.10 Å². The molecule has 0 bridgehead atoms. The number of hydrogen-bond acceptors (Lipinski definition) is 5. The average Bonchev–Trinajstić information content (AvgIpc) is 2.62. The van der Waals surface area contributed by atoms with Crippen molar-refractivity contribution in [2.75, 3.05) is 19.0 Å². The number of nitrogens with zero attached hydrogens (tertiary/aromatic N) is 2. The third kappa shape index (κ3) is 2.68. The third-order valence-corrected chi connectivity index (χ3v) is 2.19. The van der Waals surface area contributed by atoms with Crippen LogP contribution in [-0.4, -0.2) is 23.0 Å². The lowest BCUT2D eigenvalue weighted by molar-refractivity contribution is 0.113. The summed E-state index contributed by atoms with van der Waals surface area (Å²) < 4.78 is 9.18. The zero-order valence-corrected chi connectivity index (χ0v) is 8.39. The second-order valence-electron chi connectivity index (χ2n) is 2.39. The molecule has 0 aromatic carbocycles. The van der Waals surface area contributed by atoms with E-state index in [1.165, 1.54) is 11.5 Å². The Morgan fingerprint density at radius 1 is 1.77 bits per heavy atom. The molecule has 1 aromatic rings. The molecule has 0 radical (unpaired) electrons. The molecule has 1 heterocycles. The highest BCUT2D eigenvalue weighted by atomic mass is 32.1. The predicted octanol–water partition coefficient (Wildman–Crippen LogP) is 1.29. The molecule has 5 heteroatoms. The van der Waals surface area contributed by atoms with Crippen molar-refractivity contribution < 1.29 is 4.74 Å². The molecule has 4 nitrogen and oxygen atoms in total. The van der Waals surface area contributed by atoms with E-state index in [2.05, 4.69) is 20.6 Å². The van der Waals surface area contributed by atoms with Gasteiger partial charge in [-0.25, -0.2) is 4.98 Å². The van der Waals surface area contributed by atoms with Crippen molar-refractivity contribution in [3.05, 3.63) is 5.82 Å². The minimum absolute atomic E-state index is 0.0716. The highest BCUT2D eigenvalue weighted by molar-refractivity contribution is 7.09. The van der Waals surface area contributed by atoms with Crippen LogP contribution >= 0.6 is 11.5 Å². The third-order valence-electron chi connectivity index (χ3n) is 1.50. The van der Waals surface area contributed by atoms with Crippen LogP contribution in [0.15, 0.2) is 0 Å². The Bertz CT molecular complexity index is 305. The maximum Gasteiger partial charge on any atom is 0.203 e. The van der Waals surface area contributed by atoms with Gasteiger partial charge in [0.05, 0.1) is 6.54 Å². The molecule has 1 N–H and O–H groups in total. The first-order chi connectivity index (χ1) is 6.27. The quantitative estimate of drug-likeness (QED) is 0.739. The van der Waals surface area contributed by atoms with Crippen molar-refractivity contribution in [2.45, 2.75) is 13.0 Å². The van der Waals surface area contributed by atoms with E-state index >= 15 is 0 Å². The van der Waals surface area contributed by atoms with Crippen molar-refractivity contribution in [3.8, 4) is 12.3 Å². The van der Waals surface area contributed by atoms with Crippen LogP contribution in [-0.2, 0) is 4.74 Å². The van der Waals surface area contributed by atoms with E-state index in [1.807, 2.05) is 6.92 Å². The van der Waals surface area contributed by atoms with Gasteiger partial charge in [0.2, 0.25) is 5.13 Å². The van der Waals surface area contributed by atoms with Gasteiger partial charge in [0.15, 0.2) is 5.82 Å². The molecule has 13 heavy (non-hydrogen) atoms. The maximum atomic E-state index is 5.09.